The van der Waals surface area contributed by atoms with E-state index in [-0.39, 0.29) is 5.91 Å². The minimum atomic E-state index is -1.23. The fourth-order valence-electron chi connectivity index (χ4n) is 0.799. The molecule has 7 nitrogen and oxygen atoms in total. The van der Waals surface area contributed by atoms with Crippen LogP contribution in [0.3, 0.4) is 0 Å². The van der Waals surface area contributed by atoms with E-state index in [1.807, 2.05) is 0 Å². The molecule has 86 valence electrons. The lowest BCUT2D eigenvalue weighted by atomic mass is 10.2. The summed E-state index contributed by atoms with van der Waals surface area (Å²) in [6, 6.07) is -0.641. The molecule has 1 heterocycles. The molecule has 1 aliphatic heterocycles. The summed E-state index contributed by atoms with van der Waals surface area (Å²) in [5.74, 6) is -2.29. The highest BCUT2D eigenvalue weighted by atomic mass is 16.4. The Bertz CT molecular complexity index is 262. The molecular formula is C8H13NO6. The van der Waals surface area contributed by atoms with Crippen molar-refractivity contribution in [3.05, 3.63) is 0 Å². The number of aliphatic carboxylic acids is 2. The lowest BCUT2D eigenvalue weighted by molar-refractivity contribution is -0.145. The first-order valence-electron chi connectivity index (χ1n) is 4.27. The highest BCUT2D eigenvalue weighted by Crippen LogP contribution is 2.05. The Morgan fingerprint density at radius 1 is 1.47 bits per heavy atom. The van der Waals surface area contributed by atoms with Crippen molar-refractivity contribution in [3.63, 3.8) is 0 Å². The summed E-state index contributed by atoms with van der Waals surface area (Å²) in [7, 11) is 0. The van der Waals surface area contributed by atoms with Crippen LogP contribution in [0.4, 0.5) is 0 Å². The van der Waals surface area contributed by atoms with Crippen LogP contribution in [0, 0.1) is 0 Å². The first-order valence-corrected chi connectivity index (χ1v) is 4.27. The number of rotatable bonds is 2. The molecule has 0 aliphatic carbocycles. The van der Waals surface area contributed by atoms with E-state index in [1.54, 1.807) is 0 Å². The van der Waals surface area contributed by atoms with E-state index in [0.717, 1.165) is 0 Å². The Labute approximate surface area is 85.7 Å². The third kappa shape index (κ3) is 5.63. The van der Waals surface area contributed by atoms with Crippen LogP contribution in [0.15, 0.2) is 0 Å². The zero-order chi connectivity index (χ0) is 12.0. The van der Waals surface area contributed by atoms with Gasteiger partial charge in [-0.3, -0.25) is 4.79 Å². The number of aliphatic hydroxyl groups excluding tert-OH is 1. The van der Waals surface area contributed by atoms with Crippen molar-refractivity contribution in [1.29, 1.82) is 0 Å². The molecule has 2 atom stereocenters. The summed E-state index contributed by atoms with van der Waals surface area (Å²) in [6.07, 6.45) is -0.463. The van der Waals surface area contributed by atoms with Gasteiger partial charge in [0, 0.05) is 6.42 Å². The predicted molar refractivity (Wildman–Crippen MR) is 48.1 cm³/mol. The molecule has 4 N–H and O–H groups in total. The molecule has 0 saturated carbocycles. The Balaban J connectivity index is 0.000000288. The summed E-state index contributed by atoms with van der Waals surface area (Å²) in [6.45, 7) is 1.20. The van der Waals surface area contributed by atoms with E-state index >= 15 is 0 Å². The molecule has 0 bridgehead atoms. The quantitative estimate of drug-likeness (QED) is 0.462. The first-order chi connectivity index (χ1) is 6.84. The van der Waals surface area contributed by atoms with E-state index in [4.69, 9.17) is 15.3 Å². The van der Waals surface area contributed by atoms with Gasteiger partial charge in [0.05, 0.1) is 0 Å². The number of nitrogens with one attached hydrogen (secondary N) is 1. The highest BCUT2D eigenvalue weighted by Gasteiger charge is 2.26. The minimum absolute atomic E-state index is 0.164. The monoisotopic (exact) mass is 219 g/mol. The number of carboxylic acids is 2. The van der Waals surface area contributed by atoms with Crippen molar-refractivity contribution in [2.24, 2.45) is 0 Å². The third-order valence-corrected chi connectivity index (χ3v) is 1.65. The number of hydrogen-bond acceptors (Lipinski definition) is 4. The maximum atomic E-state index is 10.4. The van der Waals surface area contributed by atoms with E-state index in [1.165, 1.54) is 6.92 Å². The zero-order valence-electron chi connectivity index (χ0n) is 8.14. The molecule has 1 amide bonds. The van der Waals surface area contributed by atoms with Crippen LogP contribution < -0.4 is 5.32 Å². The van der Waals surface area contributed by atoms with Gasteiger partial charge in [-0.05, 0) is 13.3 Å². The summed E-state index contributed by atoms with van der Waals surface area (Å²) < 4.78 is 0. The van der Waals surface area contributed by atoms with Crippen LogP contribution in [0.1, 0.15) is 19.8 Å². The zero-order valence-corrected chi connectivity index (χ0v) is 8.14. The van der Waals surface area contributed by atoms with Gasteiger partial charge in [-0.1, -0.05) is 0 Å². The highest BCUT2D eigenvalue weighted by molar-refractivity contribution is 5.87. The molecule has 1 unspecified atom stereocenters. The Morgan fingerprint density at radius 2 is 1.93 bits per heavy atom. The molecule has 0 aromatic carbocycles. The third-order valence-electron chi connectivity index (χ3n) is 1.65. The normalized spacial score (nSPS) is 20.9. The maximum absolute atomic E-state index is 10.4. The van der Waals surface area contributed by atoms with Crippen LogP contribution in [0.25, 0.3) is 0 Å². The van der Waals surface area contributed by atoms with Gasteiger partial charge in [0.25, 0.3) is 0 Å². The summed E-state index contributed by atoms with van der Waals surface area (Å²) in [5.41, 5.74) is 0. The van der Waals surface area contributed by atoms with E-state index < -0.39 is 24.1 Å². The second-order valence-corrected chi connectivity index (χ2v) is 3.01. The number of aliphatic hydroxyl groups is 1. The number of carbonyl (C=O) groups excluding carboxylic acids is 1. The lowest BCUT2D eigenvalue weighted by Crippen LogP contribution is -2.32. The van der Waals surface area contributed by atoms with E-state index in [0.29, 0.717) is 12.8 Å². The molecule has 1 saturated heterocycles. The molecule has 0 aromatic heterocycles. The van der Waals surface area contributed by atoms with E-state index in [2.05, 4.69) is 5.32 Å². The van der Waals surface area contributed by atoms with Crippen LogP contribution in [-0.2, 0) is 14.4 Å². The molecule has 1 rings (SSSR count). The summed E-state index contributed by atoms with van der Waals surface area (Å²) >= 11 is 0. The molecule has 0 aromatic rings. The number of carboxylic acid groups (broad SMARTS) is 2. The SMILES string of the molecule is CC(O)C(=O)O.O=C1CC[C@@H](C(=O)O)N1. The van der Waals surface area contributed by atoms with Crippen LogP contribution in [-0.4, -0.2) is 45.3 Å². The minimum Gasteiger partial charge on any atom is -0.480 e. The summed E-state index contributed by atoms with van der Waals surface area (Å²) in [5, 5.41) is 26.4. The Hall–Kier alpha value is -1.63. The van der Waals surface area contributed by atoms with Crippen molar-refractivity contribution in [3.8, 4) is 0 Å². The Kier molecular flexibility index (Phi) is 5.32. The average molecular weight is 219 g/mol. The maximum Gasteiger partial charge on any atom is 0.332 e. The topological polar surface area (TPSA) is 124 Å². The predicted octanol–water partition coefficient (Wildman–Crippen LogP) is -1.20. The van der Waals surface area contributed by atoms with Crippen molar-refractivity contribution in [2.45, 2.75) is 31.9 Å². The fraction of sp³-hybridized carbons (Fsp3) is 0.625. The van der Waals surface area contributed by atoms with Crippen LogP contribution in [0.5, 0.6) is 0 Å². The molecular weight excluding hydrogens is 206 g/mol. The van der Waals surface area contributed by atoms with Crippen molar-refractivity contribution >= 4 is 17.8 Å². The molecule has 15 heavy (non-hydrogen) atoms. The molecule has 0 spiro atoms. The van der Waals surface area contributed by atoms with Gasteiger partial charge < -0.3 is 20.6 Å². The molecule has 1 aliphatic rings. The van der Waals surface area contributed by atoms with E-state index in [9.17, 15) is 14.4 Å². The lowest BCUT2D eigenvalue weighted by Gasteiger charge is -1.99. The van der Waals surface area contributed by atoms with Gasteiger partial charge in [0.15, 0.2) is 0 Å². The van der Waals surface area contributed by atoms with Crippen molar-refractivity contribution in [2.75, 3.05) is 0 Å². The van der Waals surface area contributed by atoms with Crippen LogP contribution >= 0.6 is 0 Å². The van der Waals surface area contributed by atoms with Gasteiger partial charge in [-0.15, -0.1) is 0 Å². The molecule has 7 heteroatoms. The van der Waals surface area contributed by atoms with Gasteiger partial charge >= 0.3 is 11.9 Å². The van der Waals surface area contributed by atoms with Gasteiger partial charge in [0.1, 0.15) is 12.1 Å². The van der Waals surface area contributed by atoms with Crippen LogP contribution in [0.2, 0.25) is 0 Å². The second-order valence-electron chi connectivity index (χ2n) is 3.01. The average Bonchev–Trinajstić information content (AvgIpc) is 2.52. The van der Waals surface area contributed by atoms with Gasteiger partial charge in [0.2, 0.25) is 5.91 Å². The fourth-order valence-corrected chi connectivity index (χ4v) is 0.799. The van der Waals surface area contributed by atoms with Gasteiger partial charge in [-0.2, -0.15) is 0 Å². The first kappa shape index (κ1) is 13.4. The summed E-state index contributed by atoms with van der Waals surface area (Å²) in [4.78, 5) is 30.0. The second kappa shape index (κ2) is 5.97. The van der Waals surface area contributed by atoms with Crippen molar-refractivity contribution in [1.82, 2.24) is 5.32 Å². The molecule has 1 fully saturated rings. The molecule has 0 radical (unpaired) electrons. The van der Waals surface area contributed by atoms with Gasteiger partial charge in [-0.25, -0.2) is 9.59 Å². The number of carbonyl (C=O) groups is 3. The largest absolute Gasteiger partial charge is 0.480 e. The Morgan fingerprint density at radius 3 is 2.07 bits per heavy atom. The van der Waals surface area contributed by atoms with Crippen molar-refractivity contribution < 1.29 is 29.7 Å². The smallest absolute Gasteiger partial charge is 0.332 e. The number of hydrogen-bond donors (Lipinski definition) is 4. The standard InChI is InChI=1S/C5H7NO3.C3H6O3/c7-4-2-1-3(6-4)5(8)9;1-2(4)3(5)6/h3H,1-2H2,(H,6,7)(H,8,9);2,4H,1H3,(H,5,6)/t3-;/m0./s1. The number of amides is 1.